The molecule has 1 aromatic heterocycles. The fourth-order valence-corrected chi connectivity index (χ4v) is 2.62. The Bertz CT molecular complexity index is 517. The van der Waals surface area contributed by atoms with Crippen LogP contribution in [-0.4, -0.2) is 9.97 Å². The monoisotopic (exact) mass is 241 g/mol. The smallest absolute Gasteiger partial charge is 0.0922 e. The van der Waals surface area contributed by atoms with E-state index in [1.807, 2.05) is 6.20 Å². The Morgan fingerprint density at radius 3 is 3.06 bits per heavy atom. The lowest BCUT2D eigenvalue weighted by atomic mass is 10.0. The average molecular weight is 241 g/mol. The third-order valence-corrected chi connectivity index (χ3v) is 3.78. The third kappa shape index (κ3) is 2.31. The van der Waals surface area contributed by atoms with Gasteiger partial charge in [-0.25, -0.2) is 4.98 Å². The zero-order valence-electron chi connectivity index (χ0n) is 10.7. The highest BCUT2D eigenvalue weighted by atomic mass is 15.0. The number of rotatable bonds is 4. The van der Waals surface area contributed by atoms with Crippen molar-refractivity contribution in [3.63, 3.8) is 0 Å². The molecule has 0 fully saturated rings. The number of aromatic nitrogens is 2. The summed E-state index contributed by atoms with van der Waals surface area (Å²) in [5, 5.41) is 3.52. The molecule has 3 heteroatoms. The zero-order valence-corrected chi connectivity index (χ0v) is 10.7. The van der Waals surface area contributed by atoms with Crippen LogP contribution < -0.4 is 5.32 Å². The quantitative estimate of drug-likeness (QED) is 0.864. The van der Waals surface area contributed by atoms with Crippen molar-refractivity contribution in [2.75, 3.05) is 0 Å². The molecule has 0 spiro atoms. The van der Waals surface area contributed by atoms with E-state index in [4.69, 9.17) is 0 Å². The van der Waals surface area contributed by atoms with E-state index in [0.29, 0.717) is 6.04 Å². The summed E-state index contributed by atoms with van der Waals surface area (Å²) in [6.45, 7) is 3.05. The Morgan fingerprint density at radius 1 is 1.33 bits per heavy atom. The van der Waals surface area contributed by atoms with Crippen molar-refractivity contribution in [3.8, 4) is 0 Å². The van der Waals surface area contributed by atoms with Gasteiger partial charge >= 0.3 is 0 Å². The maximum Gasteiger partial charge on any atom is 0.0922 e. The number of benzene rings is 1. The highest BCUT2D eigenvalue weighted by Crippen LogP contribution is 2.25. The third-order valence-electron chi connectivity index (χ3n) is 3.78. The molecule has 0 saturated carbocycles. The van der Waals surface area contributed by atoms with E-state index in [2.05, 4.69) is 40.4 Å². The first-order valence-corrected chi connectivity index (χ1v) is 6.65. The molecule has 94 valence electrons. The normalized spacial score (nSPS) is 15.6. The first kappa shape index (κ1) is 11.5. The molecule has 1 aromatic carbocycles. The van der Waals surface area contributed by atoms with E-state index in [1.165, 1.54) is 24.8 Å². The molecule has 1 heterocycles. The first-order valence-electron chi connectivity index (χ1n) is 6.65. The molecule has 3 nitrogen and oxygen atoms in total. The number of aromatic amines is 1. The zero-order chi connectivity index (χ0) is 12.4. The van der Waals surface area contributed by atoms with Crippen molar-refractivity contribution in [2.24, 2.45) is 0 Å². The van der Waals surface area contributed by atoms with Gasteiger partial charge in [-0.15, -0.1) is 0 Å². The van der Waals surface area contributed by atoms with E-state index in [0.717, 1.165) is 12.2 Å². The van der Waals surface area contributed by atoms with Crippen LogP contribution in [0.3, 0.4) is 0 Å². The van der Waals surface area contributed by atoms with Gasteiger partial charge in [0.25, 0.3) is 0 Å². The van der Waals surface area contributed by atoms with Crippen LogP contribution in [-0.2, 0) is 19.4 Å². The van der Waals surface area contributed by atoms with Crippen LogP contribution in [0.15, 0.2) is 30.7 Å². The second kappa shape index (κ2) is 4.94. The number of imidazole rings is 1. The Morgan fingerprint density at radius 2 is 2.22 bits per heavy atom. The molecular formula is C15H19N3. The summed E-state index contributed by atoms with van der Waals surface area (Å²) in [6, 6.07) is 7.30. The Hall–Kier alpha value is -1.61. The maximum atomic E-state index is 4.02. The molecule has 1 aliphatic rings. The SMILES string of the molecule is CC(NCc1cnc[nH]1)c1ccc2c(c1)CCC2. The lowest BCUT2D eigenvalue weighted by Gasteiger charge is -2.15. The fourth-order valence-electron chi connectivity index (χ4n) is 2.62. The lowest BCUT2D eigenvalue weighted by Crippen LogP contribution is -2.18. The van der Waals surface area contributed by atoms with Crippen molar-refractivity contribution in [1.29, 1.82) is 0 Å². The van der Waals surface area contributed by atoms with E-state index in [1.54, 1.807) is 17.5 Å². The fraction of sp³-hybridized carbons (Fsp3) is 0.400. The number of aryl methyl sites for hydroxylation is 2. The van der Waals surface area contributed by atoms with Crippen LogP contribution in [0.25, 0.3) is 0 Å². The Balaban J connectivity index is 1.67. The summed E-state index contributed by atoms with van der Waals surface area (Å²) in [6.07, 6.45) is 7.40. The molecule has 0 bridgehead atoms. The van der Waals surface area contributed by atoms with Crippen LogP contribution in [0.2, 0.25) is 0 Å². The van der Waals surface area contributed by atoms with Gasteiger partial charge in [0.05, 0.1) is 6.33 Å². The van der Waals surface area contributed by atoms with Crippen molar-refractivity contribution in [3.05, 3.63) is 53.1 Å². The first-order chi connectivity index (χ1) is 8.83. The van der Waals surface area contributed by atoms with Gasteiger partial charge in [0.2, 0.25) is 0 Å². The summed E-state index contributed by atoms with van der Waals surface area (Å²) < 4.78 is 0. The summed E-state index contributed by atoms with van der Waals surface area (Å²) >= 11 is 0. The highest BCUT2D eigenvalue weighted by molar-refractivity contribution is 5.36. The van der Waals surface area contributed by atoms with Crippen molar-refractivity contribution in [1.82, 2.24) is 15.3 Å². The maximum absolute atomic E-state index is 4.02. The molecular weight excluding hydrogens is 222 g/mol. The lowest BCUT2D eigenvalue weighted by molar-refractivity contribution is 0.568. The van der Waals surface area contributed by atoms with E-state index >= 15 is 0 Å². The van der Waals surface area contributed by atoms with Crippen LogP contribution >= 0.6 is 0 Å². The predicted octanol–water partition coefficient (Wildman–Crippen LogP) is 2.75. The molecule has 3 rings (SSSR count). The van der Waals surface area contributed by atoms with Gasteiger partial charge in [-0.3, -0.25) is 0 Å². The van der Waals surface area contributed by atoms with E-state index < -0.39 is 0 Å². The second-order valence-corrected chi connectivity index (χ2v) is 5.06. The minimum Gasteiger partial charge on any atom is -0.347 e. The number of hydrogen-bond donors (Lipinski definition) is 2. The molecule has 0 radical (unpaired) electrons. The molecule has 2 N–H and O–H groups in total. The largest absolute Gasteiger partial charge is 0.347 e. The average Bonchev–Trinajstić information content (AvgIpc) is 3.05. The van der Waals surface area contributed by atoms with Gasteiger partial charge < -0.3 is 10.3 Å². The van der Waals surface area contributed by atoms with Crippen molar-refractivity contribution >= 4 is 0 Å². The number of nitrogens with zero attached hydrogens (tertiary/aromatic N) is 1. The Kier molecular flexibility index (Phi) is 3.15. The molecule has 18 heavy (non-hydrogen) atoms. The second-order valence-electron chi connectivity index (χ2n) is 5.06. The number of nitrogens with one attached hydrogen (secondary N) is 2. The summed E-state index contributed by atoms with van der Waals surface area (Å²) in [7, 11) is 0. The molecule has 1 aliphatic carbocycles. The standard InChI is InChI=1S/C15H19N3/c1-11(17-9-15-8-16-10-18-15)13-6-5-12-3-2-4-14(12)7-13/h5-8,10-11,17H,2-4,9H2,1H3,(H,16,18). The van der Waals surface area contributed by atoms with Crippen LogP contribution in [0, 0.1) is 0 Å². The van der Waals surface area contributed by atoms with Crippen molar-refractivity contribution in [2.45, 2.75) is 38.8 Å². The minimum atomic E-state index is 0.374. The van der Waals surface area contributed by atoms with Gasteiger partial charge in [-0.2, -0.15) is 0 Å². The highest BCUT2D eigenvalue weighted by Gasteiger charge is 2.13. The van der Waals surface area contributed by atoms with Crippen LogP contribution in [0.5, 0.6) is 0 Å². The minimum absolute atomic E-state index is 0.374. The van der Waals surface area contributed by atoms with E-state index in [-0.39, 0.29) is 0 Å². The molecule has 1 atom stereocenters. The molecule has 2 aromatic rings. The molecule has 0 aliphatic heterocycles. The molecule has 0 amide bonds. The summed E-state index contributed by atoms with van der Waals surface area (Å²) in [4.78, 5) is 7.14. The van der Waals surface area contributed by atoms with Crippen LogP contribution in [0.4, 0.5) is 0 Å². The van der Waals surface area contributed by atoms with Gasteiger partial charge in [0, 0.05) is 24.5 Å². The Labute approximate surface area is 108 Å². The molecule has 0 saturated heterocycles. The predicted molar refractivity (Wildman–Crippen MR) is 72.3 cm³/mol. The molecule has 1 unspecified atom stereocenters. The number of fused-ring (bicyclic) bond motifs is 1. The van der Waals surface area contributed by atoms with Gasteiger partial charge in [-0.05, 0) is 42.9 Å². The number of hydrogen-bond acceptors (Lipinski definition) is 2. The number of H-pyrrole nitrogens is 1. The summed E-state index contributed by atoms with van der Waals surface area (Å²) in [5.41, 5.74) is 5.60. The van der Waals surface area contributed by atoms with Gasteiger partial charge in [0.15, 0.2) is 0 Å². The topological polar surface area (TPSA) is 40.7 Å². The van der Waals surface area contributed by atoms with Crippen molar-refractivity contribution < 1.29 is 0 Å². The summed E-state index contributed by atoms with van der Waals surface area (Å²) in [5.74, 6) is 0. The van der Waals surface area contributed by atoms with Gasteiger partial charge in [-0.1, -0.05) is 18.2 Å². The van der Waals surface area contributed by atoms with Crippen LogP contribution in [0.1, 0.15) is 41.8 Å². The van der Waals surface area contributed by atoms with Gasteiger partial charge in [0.1, 0.15) is 0 Å². The van der Waals surface area contributed by atoms with E-state index in [9.17, 15) is 0 Å².